The van der Waals surface area contributed by atoms with E-state index in [1.54, 1.807) is 4.68 Å². The van der Waals surface area contributed by atoms with Crippen molar-refractivity contribution in [2.24, 2.45) is 5.92 Å². The second kappa shape index (κ2) is 10.1. The maximum Gasteiger partial charge on any atom is 0.276 e. The van der Waals surface area contributed by atoms with Crippen molar-refractivity contribution in [2.45, 2.75) is 32.6 Å². The van der Waals surface area contributed by atoms with Gasteiger partial charge < -0.3 is 10.2 Å². The Morgan fingerprint density at radius 3 is 2.70 bits per heavy atom. The Balaban J connectivity index is 0.00000261. The first-order chi connectivity index (χ1) is 12.6. The zero-order valence-electron chi connectivity index (χ0n) is 15.8. The Bertz CT molecular complexity index is 756. The van der Waals surface area contributed by atoms with Crippen LogP contribution in [-0.2, 0) is 6.42 Å². The number of nitrogens with one attached hydrogen (secondary N) is 1. The number of nitrogens with zero attached hydrogens (tertiary/aromatic N) is 4. The SMILES string of the molecule is CCc1c(C(=O)N2CCC(CCNC)CC2)nnn1-c1cccc(Cl)c1.Cl. The normalized spacial score (nSPS) is 14.9. The Hall–Kier alpha value is -1.63. The van der Waals surface area contributed by atoms with E-state index in [0.29, 0.717) is 23.1 Å². The van der Waals surface area contributed by atoms with E-state index in [2.05, 4.69) is 15.6 Å². The number of rotatable bonds is 6. The molecule has 8 heteroatoms. The number of carbonyl (C=O) groups excluding carboxylic acids is 1. The van der Waals surface area contributed by atoms with Crippen LogP contribution < -0.4 is 5.32 Å². The monoisotopic (exact) mass is 411 g/mol. The number of halogens is 2. The van der Waals surface area contributed by atoms with Gasteiger partial charge in [0.15, 0.2) is 5.69 Å². The Morgan fingerprint density at radius 1 is 1.33 bits per heavy atom. The molecule has 0 saturated carbocycles. The molecule has 3 rings (SSSR count). The van der Waals surface area contributed by atoms with Crippen molar-refractivity contribution in [2.75, 3.05) is 26.7 Å². The van der Waals surface area contributed by atoms with Crippen LogP contribution >= 0.6 is 24.0 Å². The maximum atomic E-state index is 13.0. The molecular weight excluding hydrogens is 385 g/mol. The van der Waals surface area contributed by atoms with Crippen molar-refractivity contribution in [1.29, 1.82) is 0 Å². The largest absolute Gasteiger partial charge is 0.337 e. The van der Waals surface area contributed by atoms with E-state index in [4.69, 9.17) is 11.6 Å². The molecule has 0 radical (unpaired) electrons. The van der Waals surface area contributed by atoms with Crippen molar-refractivity contribution in [1.82, 2.24) is 25.2 Å². The molecule has 1 aliphatic heterocycles. The average molecular weight is 412 g/mol. The van der Waals surface area contributed by atoms with E-state index < -0.39 is 0 Å². The molecule has 1 aromatic carbocycles. The van der Waals surface area contributed by atoms with E-state index in [9.17, 15) is 4.79 Å². The predicted octanol–water partition coefficient (Wildman–Crippen LogP) is 3.37. The highest BCUT2D eigenvalue weighted by Gasteiger charge is 2.28. The van der Waals surface area contributed by atoms with Gasteiger partial charge in [-0.3, -0.25) is 4.79 Å². The number of aromatic nitrogens is 3. The van der Waals surface area contributed by atoms with Gasteiger partial charge in [-0.05, 0) is 63.4 Å². The summed E-state index contributed by atoms with van der Waals surface area (Å²) in [5, 5.41) is 12.3. The highest BCUT2D eigenvalue weighted by atomic mass is 35.5. The molecular formula is C19H27Cl2N5O. The highest BCUT2D eigenvalue weighted by molar-refractivity contribution is 6.30. The molecule has 2 heterocycles. The molecule has 1 aromatic heterocycles. The lowest BCUT2D eigenvalue weighted by molar-refractivity contribution is 0.0680. The summed E-state index contributed by atoms with van der Waals surface area (Å²) in [7, 11) is 1.98. The standard InChI is InChI=1S/C19H26ClN5O.ClH/c1-3-17-18(22-23-25(17)16-6-4-5-15(20)13-16)19(26)24-11-8-14(9-12-24)7-10-21-2;/h4-6,13-14,21H,3,7-12H2,1-2H3;1H. The van der Waals surface area contributed by atoms with Gasteiger partial charge in [0, 0.05) is 18.1 Å². The zero-order valence-corrected chi connectivity index (χ0v) is 17.4. The lowest BCUT2D eigenvalue weighted by Crippen LogP contribution is -2.39. The van der Waals surface area contributed by atoms with Gasteiger partial charge >= 0.3 is 0 Å². The third kappa shape index (κ3) is 5.00. The molecule has 1 aliphatic rings. The van der Waals surface area contributed by atoms with Crippen LogP contribution in [0, 0.1) is 5.92 Å². The molecule has 0 atom stereocenters. The topological polar surface area (TPSA) is 63.1 Å². The molecule has 0 unspecified atom stereocenters. The van der Waals surface area contributed by atoms with Gasteiger partial charge in [0.1, 0.15) is 0 Å². The molecule has 0 bridgehead atoms. The highest BCUT2D eigenvalue weighted by Crippen LogP contribution is 2.23. The number of hydrogen-bond acceptors (Lipinski definition) is 4. The van der Waals surface area contributed by atoms with E-state index in [0.717, 1.165) is 43.9 Å². The molecule has 1 saturated heterocycles. The molecule has 2 aromatic rings. The van der Waals surface area contributed by atoms with Crippen molar-refractivity contribution in [3.8, 4) is 5.69 Å². The number of benzene rings is 1. The quantitative estimate of drug-likeness (QED) is 0.791. The summed E-state index contributed by atoms with van der Waals surface area (Å²) in [4.78, 5) is 14.9. The average Bonchev–Trinajstić information content (AvgIpc) is 3.10. The molecule has 6 nitrogen and oxygen atoms in total. The Kier molecular flexibility index (Phi) is 8.07. The fourth-order valence-electron chi connectivity index (χ4n) is 3.52. The van der Waals surface area contributed by atoms with Crippen molar-refractivity contribution in [3.63, 3.8) is 0 Å². The number of hydrogen-bond donors (Lipinski definition) is 1. The first-order valence-corrected chi connectivity index (χ1v) is 9.66. The van der Waals surface area contributed by atoms with E-state index in [-0.39, 0.29) is 18.3 Å². The maximum absolute atomic E-state index is 13.0. The summed E-state index contributed by atoms with van der Waals surface area (Å²) in [5.41, 5.74) is 2.11. The summed E-state index contributed by atoms with van der Waals surface area (Å²) in [6.45, 7) is 4.63. The number of amides is 1. The molecule has 148 valence electrons. The minimum Gasteiger partial charge on any atom is -0.337 e. The molecule has 1 N–H and O–H groups in total. The predicted molar refractivity (Wildman–Crippen MR) is 110 cm³/mol. The van der Waals surface area contributed by atoms with Gasteiger partial charge in [-0.25, -0.2) is 4.68 Å². The number of likely N-dealkylation sites (tertiary alicyclic amines) is 1. The van der Waals surface area contributed by atoms with Crippen molar-refractivity contribution < 1.29 is 4.79 Å². The van der Waals surface area contributed by atoms with Crippen LogP contribution in [0.15, 0.2) is 24.3 Å². The molecule has 0 spiro atoms. The summed E-state index contributed by atoms with van der Waals surface area (Å²) < 4.78 is 1.72. The molecule has 0 aliphatic carbocycles. The smallest absolute Gasteiger partial charge is 0.276 e. The first kappa shape index (κ1) is 21.7. The zero-order chi connectivity index (χ0) is 18.5. The Labute approximate surface area is 171 Å². The van der Waals surface area contributed by atoms with E-state index >= 15 is 0 Å². The fraction of sp³-hybridized carbons (Fsp3) is 0.526. The second-order valence-corrected chi connectivity index (χ2v) is 7.19. The molecule has 1 amide bonds. The van der Waals surface area contributed by atoms with Gasteiger partial charge in [0.05, 0.1) is 11.4 Å². The van der Waals surface area contributed by atoms with Crippen LogP contribution in [0.5, 0.6) is 0 Å². The third-order valence-corrected chi connectivity index (χ3v) is 5.29. The lowest BCUT2D eigenvalue weighted by atomic mass is 9.93. The van der Waals surface area contributed by atoms with Crippen LogP contribution in [0.4, 0.5) is 0 Å². The summed E-state index contributed by atoms with van der Waals surface area (Å²) >= 11 is 6.09. The van der Waals surface area contributed by atoms with Crippen LogP contribution in [0.25, 0.3) is 5.69 Å². The lowest BCUT2D eigenvalue weighted by Gasteiger charge is -2.31. The third-order valence-electron chi connectivity index (χ3n) is 5.06. The minimum atomic E-state index is -0.0119. The van der Waals surface area contributed by atoms with E-state index in [1.807, 2.05) is 43.1 Å². The van der Waals surface area contributed by atoms with Gasteiger partial charge in [-0.2, -0.15) is 0 Å². The fourth-order valence-corrected chi connectivity index (χ4v) is 3.71. The molecule has 27 heavy (non-hydrogen) atoms. The first-order valence-electron chi connectivity index (χ1n) is 9.28. The molecule has 1 fully saturated rings. The van der Waals surface area contributed by atoms with Gasteiger partial charge in [-0.15, -0.1) is 17.5 Å². The van der Waals surface area contributed by atoms with Gasteiger partial charge in [0.25, 0.3) is 5.91 Å². The van der Waals surface area contributed by atoms with Crippen molar-refractivity contribution in [3.05, 3.63) is 40.7 Å². The van der Waals surface area contributed by atoms with Crippen LogP contribution in [0.3, 0.4) is 0 Å². The van der Waals surface area contributed by atoms with Gasteiger partial charge in [0.2, 0.25) is 0 Å². The van der Waals surface area contributed by atoms with Crippen LogP contribution in [0.1, 0.15) is 42.4 Å². The number of carbonyl (C=O) groups is 1. The van der Waals surface area contributed by atoms with Crippen molar-refractivity contribution >= 4 is 29.9 Å². The summed E-state index contributed by atoms with van der Waals surface area (Å²) in [6.07, 6.45) is 3.96. The number of piperidine rings is 1. The Morgan fingerprint density at radius 2 is 2.07 bits per heavy atom. The van der Waals surface area contributed by atoms with Gasteiger partial charge in [-0.1, -0.05) is 29.8 Å². The minimum absolute atomic E-state index is 0. The summed E-state index contributed by atoms with van der Waals surface area (Å²) in [5.74, 6) is 0.682. The second-order valence-electron chi connectivity index (χ2n) is 6.76. The van der Waals surface area contributed by atoms with Crippen LogP contribution in [-0.4, -0.2) is 52.5 Å². The van der Waals surface area contributed by atoms with Crippen LogP contribution in [0.2, 0.25) is 5.02 Å². The van der Waals surface area contributed by atoms with E-state index in [1.165, 1.54) is 6.42 Å². The summed E-state index contributed by atoms with van der Waals surface area (Å²) in [6, 6.07) is 7.44.